The number of primary amides is 1. The summed E-state index contributed by atoms with van der Waals surface area (Å²) >= 11 is 0. The number of amides is 1. The zero-order chi connectivity index (χ0) is 22.6. The van der Waals surface area contributed by atoms with Crippen molar-refractivity contribution in [2.45, 2.75) is 72.6 Å². The van der Waals surface area contributed by atoms with E-state index in [1.54, 1.807) is 6.07 Å². The van der Waals surface area contributed by atoms with E-state index in [-0.39, 0.29) is 0 Å². The number of aryl methyl sites for hydroxylation is 1. The normalized spacial score (nSPS) is 15.4. The lowest BCUT2D eigenvalue weighted by molar-refractivity contribution is 0.1000. The molecule has 0 bridgehead atoms. The molecule has 5 heteroatoms. The van der Waals surface area contributed by atoms with Crippen LogP contribution in [0.25, 0.3) is 11.0 Å². The number of carbonyl (C=O) groups excluding carboxylic acids is 1. The van der Waals surface area contributed by atoms with Gasteiger partial charge in [0.25, 0.3) is 0 Å². The molecule has 1 aromatic heterocycles. The van der Waals surface area contributed by atoms with Crippen LogP contribution in [0.2, 0.25) is 0 Å². The summed E-state index contributed by atoms with van der Waals surface area (Å²) < 4.78 is 0. The Hall–Kier alpha value is -2.82. The van der Waals surface area contributed by atoms with Gasteiger partial charge in [0, 0.05) is 11.3 Å². The predicted molar refractivity (Wildman–Crippen MR) is 130 cm³/mol. The summed E-state index contributed by atoms with van der Waals surface area (Å²) in [6, 6.07) is 11.8. The van der Waals surface area contributed by atoms with Crippen LogP contribution in [0.4, 0.5) is 11.6 Å². The molecule has 3 aromatic rings. The smallest absolute Gasteiger partial charge is 0.249 e. The molecule has 1 amide bonds. The molecular formula is C26H36N4O. The first kappa shape index (κ1) is 22.9. The highest BCUT2D eigenvalue weighted by Gasteiger charge is 2.20. The van der Waals surface area contributed by atoms with Gasteiger partial charge < -0.3 is 16.0 Å². The maximum Gasteiger partial charge on any atom is 0.249 e. The molecule has 1 aliphatic rings. The molecular weight excluding hydrogens is 384 g/mol. The van der Waals surface area contributed by atoms with E-state index in [0.29, 0.717) is 22.8 Å². The van der Waals surface area contributed by atoms with E-state index in [0.717, 1.165) is 22.3 Å². The molecule has 0 atom stereocenters. The van der Waals surface area contributed by atoms with Gasteiger partial charge in [0.2, 0.25) is 11.9 Å². The highest BCUT2D eigenvalue weighted by molar-refractivity contribution is 5.99. The number of carbonyl (C=O) groups is 1. The van der Waals surface area contributed by atoms with E-state index < -0.39 is 5.91 Å². The Labute approximate surface area is 185 Å². The first-order chi connectivity index (χ1) is 14.7. The third-order valence-corrected chi connectivity index (χ3v) is 6.22. The number of H-pyrrole nitrogens is 1. The summed E-state index contributed by atoms with van der Waals surface area (Å²) in [5.41, 5.74) is 11.2. The fourth-order valence-corrected chi connectivity index (χ4v) is 4.14. The van der Waals surface area contributed by atoms with Crippen molar-refractivity contribution in [1.29, 1.82) is 0 Å². The number of nitrogens with one attached hydrogen (secondary N) is 2. The van der Waals surface area contributed by atoms with Gasteiger partial charge >= 0.3 is 0 Å². The SMILES string of the molecule is CC1(C)CCCCC1.Cc1c(C(N)=O)ccc2[nH]c(Nc3ccc(C(C)C)cc3)nc12. The standard InChI is InChI=1S/C18H20N4O.C8H16/c1-10(2)12-4-6-13(7-5-12)20-18-21-15-9-8-14(17(19)23)11(3)16(15)22-18;1-8(2)6-4-3-5-7-8/h4-10H,1-3H3,(H2,19,23)(H2,20,21,22);3-7H2,1-2H3. The minimum atomic E-state index is -0.439. The van der Waals surface area contributed by atoms with Gasteiger partial charge in [-0.05, 0) is 66.5 Å². The highest BCUT2D eigenvalue weighted by atomic mass is 16.1. The second-order valence-electron chi connectivity index (χ2n) is 9.71. The van der Waals surface area contributed by atoms with Crippen molar-refractivity contribution < 1.29 is 4.79 Å². The summed E-state index contributed by atoms with van der Waals surface area (Å²) in [6.45, 7) is 10.9. The Morgan fingerprint density at radius 2 is 1.71 bits per heavy atom. The van der Waals surface area contributed by atoms with Gasteiger partial charge in [-0.3, -0.25) is 4.79 Å². The zero-order valence-electron chi connectivity index (χ0n) is 19.5. The second-order valence-corrected chi connectivity index (χ2v) is 9.71. The molecule has 0 saturated heterocycles. The average molecular weight is 421 g/mol. The molecule has 4 N–H and O–H groups in total. The molecule has 166 valence electrons. The number of imidazole rings is 1. The number of nitrogens with zero attached hydrogens (tertiary/aromatic N) is 1. The number of hydrogen-bond acceptors (Lipinski definition) is 3. The number of fused-ring (bicyclic) bond motifs is 1. The molecule has 4 rings (SSSR count). The number of aromatic amines is 1. The van der Waals surface area contributed by atoms with Crippen LogP contribution in [-0.2, 0) is 0 Å². The third kappa shape index (κ3) is 5.87. The van der Waals surface area contributed by atoms with E-state index in [9.17, 15) is 4.79 Å². The van der Waals surface area contributed by atoms with Gasteiger partial charge in [0.05, 0.1) is 11.0 Å². The first-order valence-corrected chi connectivity index (χ1v) is 11.3. The van der Waals surface area contributed by atoms with Crippen LogP contribution in [0.5, 0.6) is 0 Å². The topological polar surface area (TPSA) is 83.8 Å². The van der Waals surface area contributed by atoms with Crippen LogP contribution in [0, 0.1) is 12.3 Å². The molecule has 5 nitrogen and oxygen atoms in total. The van der Waals surface area contributed by atoms with Crippen molar-refractivity contribution in [3.63, 3.8) is 0 Å². The van der Waals surface area contributed by atoms with Crippen molar-refractivity contribution >= 4 is 28.6 Å². The molecule has 0 aliphatic heterocycles. The van der Waals surface area contributed by atoms with Crippen LogP contribution in [0.15, 0.2) is 36.4 Å². The summed E-state index contributed by atoms with van der Waals surface area (Å²) in [5.74, 6) is 0.707. The predicted octanol–water partition coefficient (Wildman–Crippen LogP) is 6.81. The molecule has 1 fully saturated rings. The van der Waals surface area contributed by atoms with Crippen LogP contribution in [-0.4, -0.2) is 15.9 Å². The zero-order valence-corrected chi connectivity index (χ0v) is 19.5. The highest BCUT2D eigenvalue weighted by Crippen LogP contribution is 2.34. The lowest BCUT2D eigenvalue weighted by Crippen LogP contribution is -2.14. The van der Waals surface area contributed by atoms with Crippen molar-refractivity contribution in [2.75, 3.05) is 5.32 Å². The number of nitrogens with two attached hydrogens (primary N) is 1. The molecule has 0 spiro atoms. The summed E-state index contributed by atoms with van der Waals surface area (Å²) in [6.07, 6.45) is 7.31. The lowest BCUT2D eigenvalue weighted by Gasteiger charge is -2.28. The van der Waals surface area contributed by atoms with Crippen molar-refractivity contribution in [2.24, 2.45) is 11.1 Å². The van der Waals surface area contributed by atoms with Gasteiger partial charge in [-0.25, -0.2) is 4.98 Å². The van der Waals surface area contributed by atoms with Gasteiger partial charge in [-0.2, -0.15) is 0 Å². The minimum Gasteiger partial charge on any atom is -0.366 e. The summed E-state index contributed by atoms with van der Waals surface area (Å²) in [4.78, 5) is 19.2. The van der Waals surface area contributed by atoms with Crippen LogP contribution in [0.1, 0.15) is 87.2 Å². The van der Waals surface area contributed by atoms with Gasteiger partial charge in [0.1, 0.15) is 0 Å². The van der Waals surface area contributed by atoms with Gasteiger partial charge in [-0.15, -0.1) is 0 Å². The molecule has 0 unspecified atom stereocenters. The van der Waals surface area contributed by atoms with Crippen LogP contribution >= 0.6 is 0 Å². The Kier molecular flexibility index (Phi) is 7.04. The molecule has 31 heavy (non-hydrogen) atoms. The monoisotopic (exact) mass is 420 g/mol. The Bertz CT molecular complexity index is 1020. The molecule has 0 radical (unpaired) electrons. The number of rotatable bonds is 4. The third-order valence-electron chi connectivity index (χ3n) is 6.22. The molecule has 1 heterocycles. The van der Waals surface area contributed by atoms with E-state index in [1.165, 1.54) is 37.7 Å². The van der Waals surface area contributed by atoms with Crippen molar-refractivity contribution in [3.05, 3.63) is 53.1 Å². The maximum atomic E-state index is 11.4. The number of hydrogen-bond donors (Lipinski definition) is 3. The maximum absolute atomic E-state index is 11.4. The van der Waals surface area contributed by atoms with Crippen LogP contribution < -0.4 is 11.1 Å². The number of benzene rings is 2. The van der Waals surface area contributed by atoms with Gasteiger partial charge in [-0.1, -0.05) is 59.1 Å². The van der Waals surface area contributed by atoms with E-state index >= 15 is 0 Å². The Morgan fingerprint density at radius 1 is 1.06 bits per heavy atom. The quantitative estimate of drug-likeness (QED) is 0.433. The molecule has 2 aromatic carbocycles. The van der Waals surface area contributed by atoms with E-state index in [2.05, 4.69) is 55.1 Å². The number of aromatic nitrogens is 2. The minimum absolute atomic E-state index is 0.439. The first-order valence-electron chi connectivity index (χ1n) is 11.3. The molecule has 1 aliphatic carbocycles. The van der Waals surface area contributed by atoms with E-state index in [1.807, 2.05) is 25.1 Å². The molecule has 1 saturated carbocycles. The largest absolute Gasteiger partial charge is 0.366 e. The van der Waals surface area contributed by atoms with E-state index in [4.69, 9.17) is 5.73 Å². The number of anilines is 2. The summed E-state index contributed by atoms with van der Waals surface area (Å²) in [7, 11) is 0. The average Bonchev–Trinajstić information content (AvgIpc) is 3.12. The van der Waals surface area contributed by atoms with Crippen molar-refractivity contribution in [3.8, 4) is 0 Å². The Morgan fingerprint density at radius 3 is 2.23 bits per heavy atom. The van der Waals surface area contributed by atoms with Crippen molar-refractivity contribution in [1.82, 2.24) is 9.97 Å². The van der Waals surface area contributed by atoms with Crippen LogP contribution in [0.3, 0.4) is 0 Å². The summed E-state index contributed by atoms with van der Waals surface area (Å²) in [5, 5.41) is 3.25. The fraction of sp³-hybridized carbons (Fsp3) is 0.462. The Balaban J connectivity index is 0.000000287. The second kappa shape index (κ2) is 9.54. The fourth-order valence-electron chi connectivity index (χ4n) is 4.14. The van der Waals surface area contributed by atoms with Gasteiger partial charge in [0.15, 0.2) is 0 Å². The lowest BCUT2D eigenvalue weighted by atomic mass is 9.78.